The molecular weight excluding hydrogens is 581 g/mol. The van der Waals surface area contributed by atoms with E-state index in [9.17, 15) is 13.2 Å². The minimum Gasteiger partial charge on any atom is -0.404 e. The Bertz CT molecular complexity index is 1670. The molecule has 1 aliphatic heterocycles. The largest absolute Gasteiger partial charge is 0.573 e. The maximum absolute atomic E-state index is 13.0. The van der Waals surface area contributed by atoms with Gasteiger partial charge < -0.3 is 14.9 Å². The molecule has 4 fully saturated rings. The Kier molecular flexibility index (Phi) is 6.14. The first kappa shape index (κ1) is 27.9. The summed E-state index contributed by atoms with van der Waals surface area (Å²) in [6.45, 7) is 5.67. The summed E-state index contributed by atoms with van der Waals surface area (Å²) in [5.74, 6) is 1.47. The van der Waals surface area contributed by atoms with Crippen LogP contribution < -0.4 is 20.8 Å². The van der Waals surface area contributed by atoms with Gasteiger partial charge in [-0.1, -0.05) is 74.5 Å². The summed E-state index contributed by atoms with van der Waals surface area (Å²) in [7, 11) is -2.61. The molecule has 0 spiro atoms. The third-order valence-electron chi connectivity index (χ3n) is 10.7. The number of nitrogens with two attached hydrogens (primary N) is 1. The molecular formula is C34H35F3N4O2Si. The number of nitrogens with zero attached hydrogens (tertiary/aromatic N) is 3. The Balaban J connectivity index is 1.15. The van der Waals surface area contributed by atoms with Crippen molar-refractivity contribution in [1.82, 2.24) is 14.8 Å². The Hall–Kier alpha value is -3.63. The lowest BCUT2D eigenvalue weighted by Crippen LogP contribution is -2.65. The van der Waals surface area contributed by atoms with E-state index in [2.05, 4.69) is 95.0 Å². The van der Waals surface area contributed by atoms with Gasteiger partial charge in [-0.15, -0.1) is 13.2 Å². The standard InChI is InChI=1S/C34H35F3N4O2Si/c1-33(2)31-27(43-44(33,22-9-5-3-6-10-22)23-11-7-4-8-12-23)16-24-29(30(24)31)26-17-25(40-41(26)19-20-13-14-20)21-15-28(32(38)39-18-21)42-34(35,36)37/h3-12,15,17-18,20,24,27,29-31H,13-14,16,19H2,1-2H3,(H2,38,39). The zero-order chi connectivity index (χ0) is 30.4. The zero-order valence-electron chi connectivity index (χ0n) is 24.7. The quantitative estimate of drug-likeness (QED) is 0.253. The van der Waals surface area contributed by atoms with Crippen LogP contribution in [0.2, 0.25) is 5.04 Å². The van der Waals surface area contributed by atoms with Crippen molar-refractivity contribution in [1.29, 1.82) is 0 Å². The molecule has 3 heterocycles. The number of nitrogen functional groups attached to an aromatic ring is 1. The monoisotopic (exact) mass is 616 g/mol. The Labute approximate surface area is 255 Å². The van der Waals surface area contributed by atoms with Gasteiger partial charge in [-0.05, 0) is 70.5 Å². The fourth-order valence-electron chi connectivity index (χ4n) is 8.68. The molecule has 4 aromatic rings. The second kappa shape index (κ2) is 9.68. The van der Waals surface area contributed by atoms with Gasteiger partial charge in [-0.2, -0.15) is 5.10 Å². The summed E-state index contributed by atoms with van der Waals surface area (Å²) in [5, 5.41) is 7.50. The number of alkyl halides is 3. The molecule has 228 valence electrons. The number of rotatable bonds is 7. The maximum atomic E-state index is 13.0. The topological polar surface area (TPSA) is 75.2 Å². The molecule has 3 saturated carbocycles. The number of benzene rings is 2. The van der Waals surface area contributed by atoms with Gasteiger partial charge in [0.1, 0.15) is 0 Å². The van der Waals surface area contributed by atoms with Gasteiger partial charge >= 0.3 is 6.36 Å². The van der Waals surface area contributed by atoms with Crippen molar-refractivity contribution in [3.8, 4) is 17.0 Å². The van der Waals surface area contributed by atoms with Gasteiger partial charge in [-0.3, -0.25) is 4.68 Å². The molecule has 6 nitrogen and oxygen atoms in total. The summed E-state index contributed by atoms with van der Waals surface area (Å²) in [6.07, 6.45) is 0.172. The first-order valence-electron chi connectivity index (χ1n) is 15.4. The molecule has 2 aromatic carbocycles. The Morgan fingerprint density at radius 2 is 1.68 bits per heavy atom. The highest BCUT2D eigenvalue weighted by molar-refractivity contribution is 7.00. The maximum Gasteiger partial charge on any atom is 0.573 e. The van der Waals surface area contributed by atoms with Crippen LogP contribution in [0.25, 0.3) is 11.3 Å². The lowest BCUT2D eigenvalue weighted by Gasteiger charge is -2.41. The summed E-state index contributed by atoms with van der Waals surface area (Å²) >= 11 is 0. The summed E-state index contributed by atoms with van der Waals surface area (Å²) in [6, 6.07) is 25.0. The van der Waals surface area contributed by atoms with Crippen molar-refractivity contribution < 1.29 is 22.3 Å². The summed E-state index contributed by atoms with van der Waals surface area (Å²) < 4.78 is 52.7. The number of fused-ring (bicyclic) bond motifs is 3. The number of hydrogen-bond acceptors (Lipinski definition) is 5. The van der Waals surface area contributed by atoms with Gasteiger partial charge in [0.25, 0.3) is 8.32 Å². The van der Waals surface area contributed by atoms with Crippen LogP contribution in [0.15, 0.2) is 79.0 Å². The van der Waals surface area contributed by atoms with Crippen molar-refractivity contribution in [3.63, 3.8) is 0 Å². The molecule has 5 atom stereocenters. The van der Waals surface area contributed by atoms with E-state index in [-0.39, 0.29) is 17.0 Å². The van der Waals surface area contributed by atoms with E-state index in [4.69, 9.17) is 15.3 Å². The van der Waals surface area contributed by atoms with Crippen LogP contribution >= 0.6 is 0 Å². The van der Waals surface area contributed by atoms with E-state index in [1.165, 1.54) is 41.2 Å². The molecule has 0 bridgehead atoms. The van der Waals surface area contributed by atoms with Crippen LogP contribution in [0.1, 0.15) is 44.7 Å². The molecule has 0 amide bonds. The number of halogens is 3. The van der Waals surface area contributed by atoms with E-state index in [1.807, 2.05) is 0 Å². The number of pyridine rings is 1. The van der Waals surface area contributed by atoms with Crippen LogP contribution in [-0.4, -0.2) is 35.5 Å². The minimum absolute atomic E-state index is 0.0660. The fourth-order valence-corrected chi connectivity index (χ4v) is 13.9. The molecule has 2 aromatic heterocycles. The summed E-state index contributed by atoms with van der Waals surface area (Å²) in [4.78, 5) is 4.00. The van der Waals surface area contributed by atoms with Crippen molar-refractivity contribution in [2.24, 2.45) is 23.7 Å². The van der Waals surface area contributed by atoms with Crippen LogP contribution in [0, 0.1) is 23.7 Å². The number of aromatic nitrogens is 3. The van der Waals surface area contributed by atoms with Crippen molar-refractivity contribution >= 4 is 24.5 Å². The first-order valence-corrected chi connectivity index (χ1v) is 17.4. The molecule has 3 aliphatic carbocycles. The third kappa shape index (κ3) is 4.32. The molecule has 4 aliphatic rings. The first-order chi connectivity index (χ1) is 21.1. The van der Waals surface area contributed by atoms with Crippen LogP contribution in [0.5, 0.6) is 5.75 Å². The predicted octanol–water partition coefficient (Wildman–Crippen LogP) is 6.12. The second-order valence-electron chi connectivity index (χ2n) is 13.6. The van der Waals surface area contributed by atoms with Crippen LogP contribution in [-0.2, 0) is 11.0 Å². The van der Waals surface area contributed by atoms with E-state index in [0.29, 0.717) is 40.8 Å². The van der Waals surface area contributed by atoms with Crippen LogP contribution in [0.4, 0.5) is 19.0 Å². The molecule has 1 saturated heterocycles. The average Bonchev–Trinajstić information content (AvgIpc) is 3.82. The molecule has 44 heavy (non-hydrogen) atoms. The highest BCUT2D eigenvalue weighted by Gasteiger charge is 2.75. The number of hydrogen-bond donors (Lipinski definition) is 1. The SMILES string of the molecule is CC1(C)C2C(CC3C(c4cc(-c5cnc(N)c(OC(F)(F)F)c5)nn4CC4CC4)C32)O[Si]1(c1ccccc1)c1ccccc1. The van der Waals surface area contributed by atoms with Gasteiger partial charge in [0.15, 0.2) is 11.6 Å². The lowest BCUT2D eigenvalue weighted by atomic mass is 9.85. The highest BCUT2D eigenvalue weighted by Crippen LogP contribution is 2.75. The van der Waals surface area contributed by atoms with E-state index < -0.39 is 20.4 Å². The average molecular weight is 617 g/mol. The predicted molar refractivity (Wildman–Crippen MR) is 164 cm³/mol. The number of anilines is 1. The lowest BCUT2D eigenvalue weighted by molar-refractivity contribution is -0.274. The second-order valence-corrected chi connectivity index (χ2v) is 17.6. The molecule has 5 unspecified atom stereocenters. The van der Waals surface area contributed by atoms with Crippen LogP contribution in [0.3, 0.4) is 0 Å². The smallest absolute Gasteiger partial charge is 0.404 e. The molecule has 0 radical (unpaired) electrons. The van der Waals surface area contributed by atoms with Gasteiger partial charge in [0.05, 0.1) is 5.69 Å². The summed E-state index contributed by atoms with van der Waals surface area (Å²) in [5.41, 5.74) is 7.94. The van der Waals surface area contributed by atoms with Crippen molar-refractivity contribution in [2.75, 3.05) is 5.73 Å². The Morgan fingerprint density at radius 1 is 1.02 bits per heavy atom. The normalized spacial score (nSPS) is 28.0. The van der Waals surface area contributed by atoms with E-state index in [1.54, 1.807) is 0 Å². The molecule has 8 rings (SSSR count). The van der Waals surface area contributed by atoms with Crippen molar-refractivity contribution in [3.05, 3.63) is 84.7 Å². The fraction of sp³-hybridized carbons (Fsp3) is 0.412. The van der Waals surface area contributed by atoms with Gasteiger partial charge in [0.2, 0.25) is 0 Å². The van der Waals surface area contributed by atoms with Gasteiger partial charge in [-0.25, -0.2) is 4.98 Å². The zero-order valence-corrected chi connectivity index (χ0v) is 25.7. The van der Waals surface area contributed by atoms with Gasteiger partial charge in [0, 0.05) is 36.0 Å². The van der Waals surface area contributed by atoms with E-state index in [0.717, 1.165) is 13.0 Å². The molecule has 10 heteroatoms. The molecule has 2 N–H and O–H groups in total. The third-order valence-corrected chi connectivity index (χ3v) is 15.8. The van der Waals surface area contributed by atoms with E-state index >= 15 is 0 Å². The van der Waals surface area contributed by atoms with Crippen molar-refractivity contribution in [2.45, 2.75) is 63.1 Å². The highest BCUT2D eigenvalue weighted by atomic mass is 28.4. The number of ether oxygens (including phenoxy) is 1. The Morgan fingerprint density at radius 3 is 2.30 bits per heavy atom. The minimum atomic E-state index is -4.86.